The van der Waals surface area contributed by atoms with E-state index in [-0.39, 0.29) is 18.2 Å². The number of hydrogen-bond donors (Lipinski definition) is 4. The van der Waals surface area contributed by atoms with Crippen LogP contribution in [0.5, 0.6) is 5.75 Å². The lowest BCUT2D eigenvalue weighted by atomic mass is 9.96. The molecule has 0 saturated carbocycles. The van der Waals surface area contributed by atoms with Crippen LogP contribution in [0, 0.1) is 13.8 Å². The van der Waals surface area contributed by atoms with Gasteiger partial charge in [-0.05, 0) is 71.6 Å². The van der Waals surface area contributed by atoms with Gasteiger partial charge in [-0.2, -0.15) is 0 Å². The zero-order valence-electron chi connectivity index (χ0n) is 29.7. The van der Waals surface area contributed by atoms with Gasteiger partial charge in [0.25, 0.3) is 11.8 Å². The van der Waals surface area contributed by atoms with Crippen molar-refractivity contribution >= 4 is 47.3 Å². The van der Waals surface area contributed by atoms with Crippen molar-refractivity contribution in [1.82, 2.24) is 20.9 Å². The highest BCUT2D eigenvalue weighted by atomic mass is 32.2. The number of benzene rings is 2. The second-order valence-corrected chi connectivity index (χ2v) is 15.4. The number of carbonyl (C=O) groups is 6. The number of carbonyl (C=O) groups excluding carboxylic acids is 5. The first kappa shape index (κ1) is 39.8. The van der Waals surface area contributed by atoms with Crippen LogP contribution in [0.2, 0.25) is 0 Å². The normalized spacial score (nSPS) is 16.5. The number of thioether (sulfide) groups is 1. The third kappa shape index (κ3) is 11.8. The quantitative estimate of drug-likeness (QED) is 0.201. The summed E-state index contributed by atoms with van der Waals surface area (Å²) in [6.45, 7) is 11.9. The lowest BCUT2D eigenvalue weighted by molar-refractivity contribution is -0.164. The van der Waals surface area contributed by atoms with Crippen molar-refractivity contribution in [2.75, 3.05) is 19.0 Å². The summed E-state index contributed by atoms with van der Waals surface area (Å²) in [5, 5.41) is 16.8. The Balaban J connectivity index is 1.97. The summed E-state index contributed by atoms with van der Waals surface area (Å²) in [4.78, 5) is 79.3. The first-order valence-electron chi connectivity index (χ1n) is 16.3. The molecule has 1 aliphatic heterocycles. The van der Waals surface area contributed by atoms with E-state index in [0.29, 0.717) is 5.75 Å². The van der Waals surface area contributed by atoms with E-state index in [1.807, 2.05) is 72.7 Å². The van der Waals surface area contributed by atoms with Gasteiger partial charge in [0.1, 0.15) is 18.3 Å². The van der Waals surface area contributed by atoms with Gasteiger partial charge in [0.2, 0.25) is 17.9 Å². The molecule has 50 heavy (non-hydrogen) atoms. The molecule has 0 radical (unpaired) electrons. The topological polar surface area (TPSA) is 180 Å². The second kappa shape index (κ2) is 17.4. The predicted octanol–water partition coefficient (Wildman–Crippen LogP) is 2.90. The Morgan fingerprint density at radius 3 is 2.20 bits per heavy atom. The number of aliphatic carboxylic acids is 1. The fraction of sp³-hybridized carbons (Fsp3) is 0.500. The van der Waals surface area contributed by atoms with Crippen molar-refractivity contribution in [1.29, 1.82) is 0 Å². The highest BCUT2D eigenvalue weighted by Crippen LogP contribution is 2.40. The molecule has 3 rings (SSSR count). The average molecular weight is 713 g/mol. The lowest BCUT2D eigenvalue weighted by Gasteiger charge is -2.36. The Bertz CT molecular complexity index is 1540. The number of amides is 4. The smallest absolute Gasteiger partial charge is 0.322 e. The van der Waals surface area contributed by atoms with E-state index in [9.17, 15) is 28.8 Å². The van der Waals surface area contributed by atoms with Gasteiger partial charge in [0.15, 0.2) is 6.61 Å². The molecule has 0 aliphatic carbocycles. The number of para-hydroxylation sites is 1. The number of carboxylic acid groups (broad SMARTS) is 1. The van der Waals surface area contributed by atoms with Crippen LogP contribution in [-0.2, 0) is 39.9 Å². The zero-order valence-corrected chi connectivity index (χ0v) is 30.5. The van der Waals surface area contributed by atoms with E-state index in [1.54, 1.807) is 24.3 Å². The molecule has 14 heteroatoms. The van der Waals surface area contributed by atoms with Gasteiger partial charge in [-0.15, -0.1) is 11.8 Å². The van der Waals surface area contributed by atoms with Crippen LogP contribution < -0.4 is 20.7 Å². The van der Waals surface area contributed by atoms with E-state index in [2.05, 4.69) is 16.0 Å². The zero-order chi connectivity index (χ0) is 37.2. The molecule has 1 fully saturated rings. The number of nitrogens with zero attached hydrogens (tertiary/aromatic N) is 1. The highest BCUT2D eigenvalue weighted by molar-refractivity contribution is 8.00. The molecule has 0 aromatic heterocycles. The summed E-state index contributed by atoms with van der Waals surface area (Å²) in [7, 11) is 0. The van der Waals surface area contributed by atoms with E-state index >= 15 is 0 Å². The maximum absolute atomic E-state index is 14.6. The van der Waals surface area contributed by atoms with Crippen LogP contribution in [0.1, 0.15) is 64.2 Å². The summed E-state index contributed by atoms with van der Waals surface area (Å²) in [6, 6.07) is 12.6. The third-order valence-electron chi connectivity index (χ3n) is 7.84. The van der Waals surface area contributed by atoms with Gasteiger partial charge < -0.3 is 35.4 Å². The van der Waals surface area contributed by atoms with Gasteiger partial charge >= 0.3 is 11.9 Å². The molecular formula is C36H48N4O9S. The molecule has 272 valence electrons. The molecule has 13 nitrogen and oxygen atoms in total. The Kier molecular flexibility index (Phi) is 13.8. The highest BCUT2D eigenvalue weighted by Gasteiger charge is 2.51. The van der Waals surface area contributed by atoms with Crippen molar-refractivity contribution in [3.63, 3.8) is 0 Å². The summed E-state index contributed by atoms with van der Waals surface area (Å²) >= 11 is 1.39. The molecule has 4 N–H and O–H groups in total. The van der Waals surface area contributed by atoms with Crippen molar-refractivity contribution in [2.45, 2.75) is 96.2 Å². The molecule has 1 saturated heterocycles. The Morgan fingerprint density at radius 1 is 0.960 bits per heavy atom. The molecule has 0 spiro atoms. The molecule has 1 heterocycles. The van der Waals surface area contributed by atoms with Crippen LogP contribution in [-0.4, -0.2) is 93.1 Å². The molecule has 1 aliphatic rings. The molecule has 0 bridgehead atoms. The molecule has 3 atom stereocenters. The molecule has 2 aromatic carbocycles. The minimum Gasteiger partial charge on any atom is -0.483 e. The second-order valence-electron chi connectivity index (χ2n) is 13.8. The average Bonchev–Trinajstić information content (AvgIpc) is 3.35. The SMILES string of the molecule is Cc1cccc(C)c1OCC(=O)N[C@@H](Cc1ccccc1)[C@H](OC(=O)CCC(=O)NCC(=O)O)C(=O)N1CSC(C)(C)[C@H]1C(=O)NC(C)(C)C. The van der Waals surface area contributed by atoms with Crippen LogP contribution in [0.25, 0.3) is 0 Å². The van der Waals surface area contributed by atoms with Crippen molar-refractivity contribution in [2.24, 2.45) is 0 Å². The van der Waals surface area contributed by atoms with E-state index in [0.717, 1.165) is 16.7 Å². The Labute approximate surface area is 297 Å². The lowest BCUT2D eigenvalue weighted by Crippen LogP contribution is -2.61. The summed E-state index contributed by atoms with van der Waals surface area (Å²) in [5.41, 5.74) is 1.80. The van der Waals surface area contributed by atoms with Crippen LogP contribution in [0.3, 0.4) is 0 Å². The van der Waals surface area contributed by atoms with Crippen LogP contribution in [0.4, 0.5) is 0 Å². The number of aryl methyl sites for hydroxylation is 2. The largest absolute Gasteiger partial charge is 0.483 e. The first-order valence-corrected chi connectivity index (χ1v) is 17.3. The molecule has 0 unspecified atom stereocenters. The molecule has 4 amide bonds. The van der Waals surface area contributed by atoms with E-state index in [1.165, 1.54) is 16.7 Å². The minimum atomic E-state index is -1.60. The summed E-state index contributed by atoms with van der Waals surface area (Å²) < 4.78 is 11.0. The summed E-state index contributed by atoms with van der Waals surface area (Å²) in [5.74, 6) is -3.86. The van der Waals surface area contributed by atoms with Crippen molar-refractivity contribution in [3.8, 4) is 5.75 Å². The van der Waals surface area contributed by atoms with E-state index in [4.69, 9.17) is 14.6 Å². The molecule has 2 aromatic rings. The fourth-order valence-electron chi connectivity index (χ4n) is 5.51. The summed E-state index contributed by atoms with van der Waals surface area (Å²) in [6.07, 6.45) is -2.39. The number of rotatable bonds is 15. The Morgan fingerprint density at radius 2 is 1.60 bits per heavy atom. The number of esters is 1. The van der Waals surface area contributed by atoms with Gasteiger partial charge in [0.05, 0.1) is 18.3 Å². The maximum Gasteiger partial charge on any atom is 0.322 e. The third-order valence-corrected chi connectivity index (χ3v) is 9.21. The van der Waals surface area contributed by atoms with Gasteiger partial charge in [-0.1, -0.05) is 48.5 Å². The number of carboxylic acids is 1. The Hall–Kier alpha value is -4.59. The van der Waals surface area contributed by atoms with Gasteiger partial charge in [-0.25, -0.2) is 0 Å². The minimum absolute atomic E-state index is 0.0714. The van der Waals surface area contributed by atoms with Gasteiger partial charge in [-0.3, -0.25) is 28.8 Å². The first-order chi connectivity index (χ1) is 23.4. The van der Waals surface area contributed by atoms with Crippen LogP contribution >= 0.6 is 11.8 Å². The molecular weight excluding hydrogens is 664 g/mol. The van der Waals surface area contributed by atoms with Crippen LogP contribution in [0.15, 0.2) is 48.5 Å². The predicted molar refractivity (Wildman–Crippen MR) is 188 cm³/mol. The number of ether oxygens (including phenoxy) is 2. The number of hydrogen-bond acceptors (Lipinski definition) is 9. The monoisotopic (exact) mass is 712 g/mol. The van der Waals surface area contributed by atoms with Crippen molar-refractivity contribution in [3.05, 3.63) is 65.2 Å². The van der Waals surface area contributed by atoms with Crippen molar-refractivity contribution < 1.29 is 43.3 Å². The maximum atomic E-state index is 14.6. The fourth-order valence-corrected chi connectivity index (χ4v) is 6.65. The number of nitrogens with one attached hydrogen (secondary N) is 3. The van der Waals surface area contributed by atoms with E-state index < -0.39 is 84.1 Å². The standard InChI is InChI=1S/C36H48N4O9S/c1-22-12-11-13-23(2)30(22)48-20-27(42)38-25(18-24-14-9-8-10-15-24)31(49-29(45)17-16-26(41)37-19-28(43)44)34(47)40-21-50-36(6,7)32(40)33(46)39-35(3,4)5/h8-15,25,31-32H,16-21H2,1-7H3,(H,37,41)(H,38,42)(H,39,46)(H,43,44)/t25-,31-,32+/m0/s1. The van der Waals surface area contributed by atoms with Gasteiger partial charge in [0, 0.05) is 16.7 Å².